The Hall–Kier alpha value is -0.920. The zero-order valence-electron chi connectivity index (χ0n) is 11.1. The third-order valence-electron chi connectivity index (χ3n) is 2.78. The number of rotatable bonds is 7. The van der Waals surface area contributed by atoms with Crippen LogP contribution in [0.2, 0.25) is 0 Å². The lowest BCUT2D eigenvalue weighted by atomic mass is 10.2. The number of sulfonamides is 1. The molecule has 1 aromatic carbocycles. The van der Waals surface area contributed by atoms with Gasteiger partial charge in [-0.3, -0.25) is 0 Å². The van der Waals surface area contributed by atoms with E-state index in [1.54, 1.807) is 38.1 Å². The topological polar surface area (TPSA) is 80.3 Å². The van der Waals surface area contributed by atoms with Crippen LogP contribution in [0.1, 0.15) is 19.4 Å². The molecule has 0 bridgehead atoms. The predicted octanol–water partition coefficient (Wildman–Crippen LogP) is 0.962. The molecule has 0 fully saturated rings. The molecule has 0 spiro atoms. The molecule has 0 aliphatic heterocycles. The standard InChI is InChI=1S/C12H19NO4S2/c1-3-18(14,15)12-7-5-11(6-8-12)9-10-13-19(16,17)4-2/h5-8,13H,3-4,9-10H2,1-2H3. The second-order valence-electron chi connectivity index (χ2n) is 4.10. The van der Waals surface area contributed by atoms with Crippen LogP contribution >= 0.6 is 0 Å². The molecule has 1 rings (SSSR count). The quantitative estimate of drug-likeness (QED) is 0.813. The fourth-order valence-corrected chi connectivity index (χ4v) is 2.98. The van der Waals surface area contributed by atoms with Crippen molar-refractivity contribution in [1.82, 2.24) is 4.72 Å². The van der Waals surface area contributed by atoms with Crippen LogP contribution in [0, 0.1) is 0 Å². The maximum Gasteiger partial charge on any atom is 0.211 e. The molecule has 1 aromatic rings. The molecule has 0 amide bonds. The Morgan fingerprint density at radius 3 is 2.00 bits per heavy atom. The molecule has 0 saturated carbocycles. The molecule has 0 radical (unpaired) electrons. The van der Waals surface area contributed by atoms with Crippen molar-refractivity contribution >= 4 is 19.9 Å². The van der Waals surface area contributed by atoms with Gasteiger partial charge in [-0.1, -0.05) is 19.1 Å². The molecule has 0 atom stereocenters. The Morgan fingerprint density at radius 2 is 1.53 bits per heavy atom. The molecular weight excluding hydrogens is 286 g/mol. The van der Waals surface area contributed by atoms with Crippen molar-refractivity contribution in [3.8, 4) is 0 Å². The van der Waals surface area contributed by atoms with Crippen molar-refractivity contribution < 1.29 is 16.8 Å². The molecule has 0 saturated heterocycles. The van der Waals surface area contributed by atoms with Crippen LogP contribution in [0.3, 0.4) is 0 Å². The van der Waals surface area contributed by atoms with Crippen molar-refractivity contribution in [3.63, 3.8) is 0 Å². The van der Waals surface area contributed by atoms with Gasteiger partial charge in [0.15, 0.2) is 9.84 Å². The summed E-state index contributed by atoms with van der Waals surface area (Å²) in [6.45, 7) is 3.49. The first-order chi connectivity index (χ1) is 8.80. The van der Waals surface area contributed by atoms with Gasteiger partial charge in [0.25, 0.3) is 0 Å². The van der Waals surface area contributed by atoms with Crippen molar-refractivity contribution in [2.75, 3.05) is 18.1 Å². The largest absolute Gasteiger partial charge is 0.224 e. The molecule has 5 nitrogen and oxygen atoms in total. The van der Waals surface area contributed by atoms with E-state index in [2.05, 4.69) is 4.72 Å². The zero-order chi connectivity index (χ0) is 14.5. The number of sulfone groups is 1. The molecule has 108 valence electrons. The molecule has 19 heavy (non-hydrogen) atoms. The van der Waals surface area contributed by atoms with E-state index in [1.165, 1.54) is 0 Å². The van der Waals surface area contributed by atoms with E-state index in [1.807, 2.05) is 0 Å². The maximum atomic E-state index is 11.6. The number of nitrogens with one attached hydrogen (secondary N) is 1. The lowest BCUT2D eigenvalue weighted by Crippen LogP contribution is -2.27. The van der Waals surface area contributed by atoms with Gasteiger partial charge < -0.3 is 0 Å². The lowest BCUT2D eigenvalue weighted by Gasteiger charge is -2.06. The van der Waals surface area contributed by atoms with Gasteiger partial charge in [-0.05, 0) is 31.0 Å². The number of hydrogen-bond donors (Lipinski definition) is 1. The predicted molar refractivity (Wildman–Crippen MR) is 75.3 cm³/mol. The molecule has 0 aliphatic rings. The Bertz CT molecular complexity index is 604. The maximum absolute atomic E-state index is 11.6. The van der Waals surface area contributed by atoms with Crippen LogP contribution in [-0.2, 0) is 26.3 Å². The zero-order valence-corrected chi connectivity index (χ0v) is 12.7. The fourth-order valence-electron chi connectivity index (χ4n) is 1.48. The summed E-state index contributed by atoms with van der Waals surface area (Å²) in [5.74, 6) is 0.128. The van der Waals surface area contributed by atoms with Gasteiger partial charge in [-0.2, -0.15) is 0 Å². The Balaban J connectivity index is 2.64. The molecule has 0 aromatic heterocycles. The minimum Gasteiger partial charge on any atom is -0.224 e. The molecule has 0 aliphatic carbocycles. The Kier molecular flexibility index (Phi) is 5.51. The van der Waals surface area contributed by atoms with Crippen LogP contribution in [0.5, 0.6) is 0 Å². The third-order valence-corrected chi connectivity index (χ3v) is 5.93. The van der Waals surface area contributed by atoms with Crippen molar-refractivity contribution in [1.29, 1.82) is 0 Å². The Labute approximate surface area is 115 Å². The third kappa shape index (κ3) is 4.93. The van der Waals surface area contributed by atoms with Gasteiger partial charge in [-0.25, -0.2) is 21.6 Å². The molecule has 0 heterocycles. The first kappa shape index (κ1) is 16.1. The van der Waals surface area contributed by atoms with Crippen LogP contribution in [0.4, 0.5) is 0 Å². The van der Waals surface area contributed by atoms with E-state index in [0.717, 1.165) is 5.56 Å². The van der Waals surface area contributed by atoms with Gasteiger partial charge >= 0.3 is 0 Å². The molecule has 1 N–H and O–H groups in total. The van der Waals surface area contributed by atoms with Gasteiger partial charge in [0.1, 0.15) is 0 Å². The lowest BCUT2D eigenvalue weighted by molar-refractivity contribution is 0.583. The second kappa shape index (κ2) is 6.49. The van der Waals surface area contributed by atoms with Crippen molar-refractivity contribution in [2.45, 2.75) is 25.2 Å². The van der Waals surface area contributed by atoms with Gasteiger partial charge in [-0.15, -0.1) is 0 Å². The number of hydrogen-bond acceptors (Lipinski definition) is 4. The van der Waals surface area contributed by atoms with E-state index >= 15 is 0 Å². The second-order valence-corrected chi connectivity index (χ2v) is 8.47. The van der Waals surface area contributed by atoms with E-state index in [9.17, 15) is 16.8 Å². The van der Waals surface area contributed by atoms with Crippen LogP contribution in [0.15, 0.2) is 29.2 Å². The summed E-state index contributed by atoms with van der Waals surface area (Å²) in [5.41, 5.74) is 0.897. The highest BCUT2D eigenvalue weighted by Gasteiger charge is 2.11. The summed E-state index contributed by atoms with van der Waals surface area (Å²) in [4.78, 5) is 0.299. The van der Waals surface area contributed by atoms with Gasteiger partial charge in [0.2, 0.25) is 10.0 Å². The monoisotopic (exact) mass is 305 g/mol. The molecular formula is C12H19NO4S2. The first-order valence-corrected chi connectivity index (χ1v) is 9.40. The van der Waals surface area contributed by atoms with Crippen molar-refractivity contribution in [3.05, 3.63) is 29.8 Å². The summed E-state index contributed by atoms with van der Waals surface area (Å²) >= 11 is 0. The summed E-state index contributed by atoms with van der Waals surface area (Å²) in [7, 11) is -6.35. The smallest absolute Gasteiger partial charge is 0.211 e. The summed E-state index contributed by atoms with van der Waals surface area (Å²) in [5, 5.41) is 0. The van der Waals surface area contributed by atoms with Gasteiger partial charge in [0, 0.05) is 6.54 Å². The number of benzene rings is 1. The summed E-state index contributed by atoms with van der Waals surface area (Å²) < 4.78 is 48.1. The molecule has 0 unspecified atom stereocenters. The summed E-state index contributed by atoms with van der Waals surface area (Å²) in [6, 6.07) is 6.54. The minimum atomic E-state index is -3.17. The highest BCUT2D eigenvalue weighted by molar-refractivity contribution is 7.91. The van der Waals surface area contributed by atoms with Gasteiger partial charge in [0.05, 0.1) is 16.4 Å². The van der Waals surface area contributed by atoms with Crippen molar-refractivity contribution in [2.24, 2.45) is 0 Å². The van der Waals surface area contributed by atoms with Crippen LogP contribution in [0.25, 0.3) is 0 Å². The normalized spacial score (nSPS) is 12.5. The summed E-state index contributed by atoms with van der Waals surface area (Å²) in [6.07, 6.45) is 0.533. The average Bonchev–Trinajstić information content (AvgIpc) is 2.39. The van der Waals surface area contributed by atoms with Crippen LogP contribution < -0.4 is 4.72 Å². The highest BCUT2D eigenvalue weighted by atomic mass is 32.2. The molecule has 7 heteroatoms. The SMILES string of the molecule is CCS(=O)(=O)NCCc1ccc(S(=O)(=O)CC)cc1. The fraction of sp³-hybridized carbons (Fsp3) is 0.500. The Morgan fingerprint density at radius 1 is 0.947 bits per heavy atom. The van der Waals surface area contributed by atoms with E-state index < -0.39 is 19.9 Å². The minimum absolute atomic E-state index is 0.0562. The van der Waals surface area contributed by atoms with E-state index in [-0.39, 0.29) is 11.5 Å². The van der Waals surface area contributed by atoms with E-state index in [4.69, 9.17) is 0 Å². The first-order valence-electron chi connectivity index (χ1n) is 6.09. The van der Waals surface area contributed by atoms with Crippen LogP contribution in [-0.4, -0.2) is 34.9 Å². The average molecular weight is 305 g/mol. The highest BCUT2D eigenvalue weighted by Crippen LogP contribution is 2.12. The van der Waals surface area contributed by atoms with E-state index in [0.29, 0.717) is 17.9 Å².